The van der Waals surface area contributed by atoms with Gasteiger partial charge in [-0.3, -0.25) is 14.5 Å². The molecule has 0 saturated carbocycles. The van der Waals surface area contributed by atoms with Gasteiger partial charge in [0.1, 0.15) is 5.82 Å². The molecule has 25 heavy (non-hydrogen) atoms. The number of likely N-dealkylation sites (N-methyl/N-ethyl adjacent to an activating group) is 1. The van der Waals surface area contributed by atoms with E-state index in [-0.39, 0.29) is 24.0 Å². The summed E-state index contributed by atoms with van der Waals surface area (Å²) in [6.07, 6.45) is 0. The Morgan fingerprint density at radius 1 is 1.16 bits per heavy atom. The molecule has 0 bridgehead atoms. The standard InChI is InChI=1S/C18H20FN3O2S/c1-22(10-13-6-8-14(19)9-7-13)11-18(24)21-15-4-2-3-5-16(15)25-12-17(20)23/h2-9H,10-12H2,1H3,(H2,20,23)(H,21,24). The first-order valence-electron chi connectivity index (χ1n) is 7.67. The second-order valence-electron chi connectivity index (χ2n) is 5.60. The van der Waals surface area contributed by atoms with E-state index in [0.717, 1.165) is 10.5 Å². The Balaban J connectivity index is 1.91. The Morgan fingerprint density at radius 3 is 2.52 bits per heavy atom. The second-order valence-corrected chi connectivity index (χ2v) is 6.62. The first-order valence-corrected chi connectivity index (χ1v) is 8.65. The van der Waals surface area contributed by atoms with Crippen LogP contribution in [0.1, 0.15) is 5.56 Å². The van der Waals surface area contributed by atoms with E-state index in [0.29, 0.717) is 12.2 Å². The van der Waals surface area contributed by atoms with Gasteiger partial charge in [-0.15, -0.1) is 11.8 Å². The smallest absolute Gasteiger partial charge is 0.238 e. The van der Waals surface area contributed by atoms with Gasteiger partial charge in [0.2, 0.25) is 11.8 Å². The summed E-state index contributed by atoms with van der Waals surface area (Å²) < 4.78 is 12.9. The highest BCUT2D eigenvalue weighted by molar-refractivity contribution is 8.00. The molecule has 0 aliphatic carbocycles. The molecule has 0 fully saturated rings. The highest BCUT2D eigenvalue weighted by Crippen LogP contribution is 2.26. The van der Waals surface area contributed by atoms with Crippen LogP contribution < -0.4 is 11.1 Å². The molecule has 0 radical (unpaired) electrons. The Labute approximate surface area is 150 Å². The molecule has 0 unspecified atom stereocenters. The summed E-state index contributed by atoms with van der Waals surface area (Å²) in [5.74, 6) is -0.715. The molecule has 3 N–H and O–H groups in total. The summed E-state index contributed by atoms with van der Waals surface area (Å²) in [4.78, 5) is 25.8. The number of benzene rings is 2. The molecular formula is C18H20FN3O2S. The number of para-hydroxylation sites is 1. The van der Waals surface area contributed by atoms with Gasteiger partial charge in [0.05, 0.1) is 18.0 Å². The van der Waals surface area contributed by atoms with Crippen LogP contribution in [0.5, 0.6) is 0 Å². The van der Waals surface area contributed by atoms with Crippen LogP contribution in [0.2, 0.25) is 0 Å². The van der Waals surface area contributed by atoms with Crippen molar-refractivity contribution in [2.75, 3.05) is 24.7 Å². The maximum absolute atomic E-state index is 12.9. The van der Waals surface area contributed by atoms with Gasteiger partial charge in [0.15, 0.2) is 0 Å². The second kappa shape index (κ2) is 9.19. The zero-order valence-electron chi connectivity index (χ0n) is 13.9. The monoisotopic (exact) mass is 361 g/mol. The molecule has 0 saturated heterocycles. The molecule has 2 amide bonds. The number of amides is 2. The number of halogens is 1. The molecule has 0 spiro atoms. The van der Waals surface area contributed by atoms with Gasteiger partial charge >= 0.3 is 0 Å². The van der Waals surface area contributed by atoms with E-state index in [1.807, 2.05) is 30.1 Å². The van der Waals surface area contributed by atoms with Gasteiger partial charge in [0, 0.05) is 11.4 Å². The molecule has 7 heteroatoms. The molecule has 132 valence electrons. The first-order chi connectivity index (χ1) is 11.9. The zero-order chi connectivity index (χ0) is 18.2. The number of anilines is 1. The fourth-order valence-corrected chi connectivity index (χ4v) is 2.98. The lowest BCUT2D eigenvalue weighted by atomic mass is 10.2. The maximum atomic E-state index is 12.9. The molecule has 0 aromatic heterocycles. The van der Waals surface area contributed by atoms with Crippen molar-refractivity contribution in [3.8, 4) is 0 Å². The summed E-state index contributed by atoms with van der Waals surface area (Å²) in [5.41, 5.74) is 6.74. The Hall–Kier alpha value is -2.38. The number of nitrogens with one attached hydrogen (secondary N) is 1. The van der Waals surface area contributed by atoms with Crippen molar-refractivity contribution in [2.24, 2.45) is 5.73 Å². The van der Waals surface area contributed by atoms with Crippen molar-refractivity contribution in [2.45, 2.75) is 11.4 Å². The van der Waals surface area contributed by atoms with Crippen molar-refractivity contribution in [1.29, 1.82) is 0 Å². The molecule has 2 aromatic rings. The van der Waals surface area contributed by atoms with Crippen molar-refractivity contribution < 1.29 is 14.0 Å². The van der Waals surface area contributed by atoms with E-state index in [1.165, 1.54) is 23.9 Å². The summed E-state index contributed by atoms with van der Waals surface area (Å²) in [6, 6.07) is 13.4. The van der Waals surface area contributed by atoms with Gasteiger partial charge < -0.3 is 11.1 Å². The number of nitrogens with two attached hydrogens (primary N) is 1. The van der Waals surface area contributed by atoms with E-state index >= 15 is 0 Å². The third-order valence-electron chi connectivity index (χ3n) is 3.31. The predicted octanol–water partition coefficient (Wildman–Crippen LogP) is 2.47. The quantitative estimate of drug-likeness (QED) is 0.709. The van der Waals surface area contributed by atoms with E-state index in [9.17, 15) is 14.0 Å². The molecular weight excluding hydrogens is 341 g/mol. The average Bonchev–Trinajstić information content (AvgIpc) is 2.56. The minimum Gasteiger partial charge on any atom is -0.369 e. The van der Waals surface area contributed by atoms with Crippen LogP contribution in [0.4, 0.5) is 10.1 Å². The Kier molecular flexibility index (Phi) is 6.97. The van der Waals surface area contributed by atoms with Crippen LogP contribution in [0.3, 0.4) is 0 Å². The van der Waals surface area contributed by atoms with Gasteiger partial charge in [-0.1, -0.05) is 24.3 Å². The van der Waals surface area contributed by atoms with Gasteiger partial charge in [-0.25, -0.2) is 4.39 Å². The average molecular weight is 361 g/mol. The molecule has 2 aromatic carbocycles. The number of carbonyl (C=O) groups excluding carboxylic acids is 2. The number of rotatable bonds is 8. The SMILES string of the molecule is CN(CC(=O)Nc1ccccc1SCC(N)=O)Cc1ccc(F)cc1. The normalized spacial score (nSPS) is 10.7. The molecule has 0 aliphatic heterocycles. The van der Waals surface area contributed by atoms with Crippen LogP contribution in [0.15, 0.2) is 53.4 Å². The highest BCUT2D eigenvalue weighted by Gasteiger charge is 2.11. The van der Waals surface area contributed by atoms with Crippen LogP contribution in [-0.4, -0.2) is 36.1 Å². The van der Waals surface area contributed by atoms with Crippen molar-refractivity contribution in [3.05, 3.63) is 59.9 Å². The predicted molar refractivity (Wildman–Crippen MR) is 97.7 cm³/mol. The fraction of sp³-hybridized carbons (Fsp3) is 0.222. The van der Waals surface area contributed by atoms with Crippen LogP contribution in [-0.2, 0) is 16.1 Å². The minimum absolute atomic E-state index is 0.150. The van der Waals surface area contributed by atoms with Crippen LogP contribution in [0, 0.1) is 5.82 Å². The van der Waals surface area contributed by atoms with Crippen molar-refractivity contribution >= 4 is 29.3 Å². The maximum Gasteiger partial charge on any atom is 0.238 e. The summed E-state index contributed by atoms with van der Waals surface area (Å²) in [5, 5.41) is 2.85. The molecule has 0 atom stereocenters. The zero-order valence-corrected chi connectivity index (χ0v) is 14.7. The summed E-state index contributed by atoms with van der Waals surface area (Å²) >= 11 is 1.28. The van der Waals surface area contributed by atoms with E-state index in [1.54, 1.807) is 18.2 Å². The molecule has 0 heterocycles. The molecule has 5 nitrogen and oxygen atoms in total. The molecule has 2 rings (SSSR count). The number of nitrogens with zero attached hydrogens (tertiary/aromatic N) is 1. The Morgan fingerprint density at radius 2 is 1.84 bits per heavy atom. The van der Waals surface area contributed by atoms with Gasteiger partial charge in [-0.05, 0) is 36.9 Å². The number of hydrogen-bond donors (Lipinski definition) is 2. The lowest BCUT2D eigenvalue weighted by Gasteiger charge is -2.17. The summed E-state index contributed by atoms with van der Waals surface area (Å²) in [6.45, 7) is 0.720. The summed E-state index contributed by atoms with van der Waals surface area (Å²) in [7, 11) is 1.82. The fourth-order valence-electron chi connectivity index (χ4n) is 2.24. The van der Waals surface area contributed by atoms with E-state index in [2.05, 4.69) is 5.32 Å². The third kappa shape index (κ3) is 6.56. The number of thioether (sulfide) groups is 1. The lowest BCUT2D eigenvalue weighted by Crippen LogP contribution is -2.30. The largest absolute Gasteiger partial charge is 0.369 e. The van der Waals surface area contributed by atoms with E-state index < -0.39 is 5.91 Å². The van der Waals surface area contributed by atoms with Crippen LogP contribution >= 0.6 is 11.8 Å². The van der Waals surface area contributed by atoms with Crippen molar-refractivity contribution in [1.82, 2.24) is 4.90 Å². The highest BCUT2D eigenvalue weighted by atomic mass is 32.2. The van der Waals surface area contributed by atoms with Gasteiger partial charge in [-0.2, -0.15) is 0 Å². The third-order valence-corrected chi connectivity index (χ3v) is 4.41. The number of hydrogen-bond acceptors (Lipinski definition) is 4. The topological polar surface area (TPSA) is 75.4 Å². The first kappa shape index (κ1) is 19.0. The minimum atomic E-state index is -0.412. The van der Waals surface area contributed by atoms with Gasteiger partial charge in [0.25, 0.3) is 0 Å². The van der Waals surface area contributed by atoms with Crippen LogP contribution in [0.25, 0.3) is 0 Å². The number of carbonyl (C=O) groups is 2. The lowest BCUT2D eigenvalue weighted by molar-refractivity contribution is -0.117. The van der Waals surface area contributed by atoms with Crippen molar-refractivity contribution in [3.63, 3.8) is 0 Å². The molecule has 0 aliphatic rings. The number of primary amides is 1. The Bertz CT molecular complexity index is 737. The van der Waals surface area contributed by atoms with E-state index in [4.69, 9.17) is 5.73 Å².